The van der Waals surface area contributed by atoms with Crippen molar-refractivity contribution >= 4 is 5.97 Å². The number of aromatic nitrogens is 2. The highest BCUT2D eigenvalue weighted by Crippen LogP contribution is 2.02. The van der Waals surface area contributed by atoms with Gasteiger partial charge in [-0.1, -0.05) is 0 Å². The third-order valence-electron chi connectivity index (χ3n) is 2.15. The Labute approximate surface area is 104 Å². The summed E-state index contributed by atoms with van der Waals surface area (Å²) in [7, 11) is 0. The number of carboxylic acids is 1. The Bertz CT molecular complexity index is 451. The third-order valence-corrected chi connectivity index (χ3v) is 2.15. The molecular weight excluding hydrogens is 240 g/mol. The highest BCUT2D eigenvalue weighted by Gasteiger charge is 2.14. The van der Waals surface area contributed by atoms with Crippen LogP contribution in [0.25, 0.3) is 0 Å². The van der Waals surface area contributed by atoms with E-state index in [1.54, 1.807) is 0 Å². The summed E-state index contributed by atoms with van der Waals surface area (Å²) in [5.74, 6) is -0.974. The lowest BCUT2D eigenvalue weighted by Crippen LogP contribution is -2.25. The topological polar surface area (TPSA) is 102 Å². The van der Waals surface area contributed by atoms with Crippen LogP contribution in [0.5, 0.6) is 0 Å². The van der Waals surface area contributed by atoms with Gasteiger partial charge in [0.1, 0.15) is 11.4 Å². The Morgan fingerprint density at radius 3 is 2.50 bits per heavy atom. The molecule has 0 saturated heterocycles. The zero-order chi connectivity index (χ0) is 13.5. The molecule has 0 amide bonds. The van der Waals surface area contributed by atoms with Crippen molar-refractivity contribution in [3.63, 3.8) is 0 Å². The van der Waals surface area contributed by atoms with Crippen molar-refractivity contribution in [2.24, 2.45) is 0 Å². The van der Waals surface area contributed by atoms with E-state index < -0.39 is 17.8 Å². The van der Waals surface area contributed by atoms with E-state index in [4.69, 9.17) is 14.6 Å². The number of aromatic amines is 1. The fourth-order valence-corrected chi connectivity index (χ4v) is 1.38. The van der Waals surface area contributed by atoms with Crippen LogP contribution in [0.1, 0.15) is 30.0 Å². The van der Waals surface area contributed by atoms with E-state index in [1.807, 2.05) is 13.8 Å². The number of carbonyl (C=O) groups is 1. The van der Waals surface area contributed by atoms with Gasteiger partial charge < -0.3 is 19.6 Å². The number of nitrogens with zero attached hydrogens (tertiary/aromatic N) is 1. The Morgan fingerprint density at radius 1 is 1.44 bits per heavy atom. The molecule has 18 heavy (non-hydrogen) atoms. The molecule has 1 heterocycles. The van der Waals surface area contributed by atoms with Gasteiger partial charge in [-0.05, 0) is 13.8 Å². The summed E-state index contributed by atoms with van der Waals surface area (Å²) in [5.41, 5.74) is -1.07. The maximum absolute atomic E-state index is 11.4. The number of hydrogen-bond donors (Lipinski definition) is 2. The molecule has 0 atom stereocenters. The molecule has 0 aliphatic rings. The van der Waals surface area contributed by atoms with Crippen molar-refractivity contribution < 1.29 is 19.4 Å². The molecule has 0 saturated carbocycles. The highest BCUT2D eigenvalue weighted by atomic mass is 16.7. The van der Waals surface area contributed by atoms with Gasteiger partial charge in [-0.3, -0.25) is 4.79 Å². The van der Waals surface area contributed by atoms with Crippen LogP contribution >= 0.6 is 0 Å². The predicted molar refractivity (Wildman–Crippen MR) is 62.6 cm³/mol. The summed E-state index contributed by atoms with van der Waals surface area (Å²) < 4.78 is 10.6. The molecule has 1 rings (SSSR count). The van der Waals surface area contributed by atoms with Gasteiger partial charge in [0.25, 0.3) is 5.56 Å². The molecule has 100 valence electrons. The van der Waals surface area contributed by atoms with E-state index in [1.165, 1.54) is 0 Å². The lowest BCUT2D eigenvalue weighted by molar-refractivity contribution is -0.135. The number of hydrogen-bond acceptors (Lipinski definition) is 5. The average molecular weight is 256 g/mol. The monoisotopic (exact) mass is 256 g/mol. The Balaban J connectivity index is 2.81. The number of H-pyrrole nitrogens is 1. The lowest BCUT2D eigenvalue weighted by atomic mass is 10.3. The third kappa shape index (κ3) is 3.94. The van der Waals surface area contributed by atoms with Crippen LogP contribution in [0.15, 0.2) is 11.0 Å². The van der Waals surface area contributed by atoms with Crippen molar-refractivity contribution in [2.45, 2.75) is 26.6 Å². The molecule has 1 aromatic heterocycles. The Kier molecular flexibility index (Phi) is 5.47. The molecule has 0 aliphatic heterocycles. The summed E-state index contributed by atoms with van der Waals surface area (Å²) in [6.45, 7) is 4.61. The van der Waals surface area contributed by atoms with Crippen LogP contribution in [0, 0.1) is 0 Å². The number of carboxylic acid groups (broad SMARTS) is 1. The van der Waals surface area contributed by atoms with E-state index in [2.05, 4.69) is 9.97 Å². The SMILES string of the molecule is CCOC(Cc1ncc(C(=O)O)c(=O)[nH]1)OCC. The molecule has 0 radical (unpaired) electrons. The van der Waals surface area contributed by atoms with Crippen LogP contribution < -0.4 is 5.56 Å². The number of ether oxygens (including phenoxy) is 2. The van der Waals surface area contributed by atoms with Gasteiger partial charge in [0, 0.05) is 19.4 Å². The Hall–Kier alpha value is -1.73. The summed E-state index contributed by atoms with van der Waals surface area (Å²) in [5, 5.41) is 8.70. The van der Waals surface area contributed by atoms with Gasteiger partial charge in [-0.25, -0.2) is 9.78 Å². The predicted octanol–water partition coefficient (Wildman–Crippen LogP) is 0.410. The molecule has 0 unspecified atom stereocenters. The van der Waals surface area contributed by atoms with Crippen molar-refractivity contribution in [3.05, 3.63) is 27.9 Å². The van der Waals surface area contributed by atoms with Crippen LogP contribution in [-0.4, -0.2) is 40.5 Å². The van der Waals surface area contributed by atoms with Crippen molar-refractivity contribution in [2.75, 3.05) is 13.2 Å². The Morgan fingerprint density at radius 2 is 2.06 bits per heavy atom. The zero-order valence-electron chi connectivity index (χ0n) is 10.3. The molecule has 0 aliphatic carbocycles. The minimum atomic E-state index is -1.30. The van der Waals surface area contributed by atoms with Crippen LogP contribution in [0.3, 0.4) is 0 Å². The molecule has 0 fully saturated rings. The normalized spacial score (nSPS) is 10.8. The van der Waals surface area contributed by atoms with Crippen LogP contribution in [0.2, 0.25) is 0 Å². The van der Waals surface area contributed by atoms with Gasteiger partial charge >= 0.3 is 5.97 Å². The first kappa shape index (κ1) is 14.3. The standard InChI is InChI=1S/C11H16N2O5/c1-3-17-9(18-4-2)5-8-12-6-7(11(15)16)10(14)13-8/h6,9H,3-5H2,1-2H3,(H,15,16)(H,12,13,14). The highest BCUT2D eigenvalue weighted by molar-refractivity contribution is 5.86. The fraction of sp³-hybridized carbons (Fsp3) is 0.545. The van der Waals surface area contributed by atoms with Gasteiger partial charge in [-0.15, -0.1) is 0 Å². The van der Waals surface area contributed by atoms with Crippen LogP contribution in [0.4, 0.5) is 0 Å². The number of nitrogens with one attached hydrogen (secondary N) is 1. The van der Waals surface area contributed by atoms with E-state index in [9.17, 15) is 9.59 Å². The van der Waals surface area contributed by atoms with Gasteiger partial charge in [0.2, 0.25) is 0 Å². The van der Waals surface area contributed by atoms with Crippen LogP contribution in [-0.2, 0) is 15.9 Å². The van der Waals surface area contributed by atoms with Gasteiger partial charge in [-0.2, -0.15) is 0 Å². The smallest absolute Gasteiger partial charge is 0.342 e. The van der Waals surface area contributed by atoms with Gasteiger partial charge in [0.05, 0.1) is 6.42 Å². The van der Waals surface area contributed by atoms with E-state index >= 15 is 0 Å². The first-order valence-corrected chi connectivity index (χ1v) is 5.63. The summed E-state index contributed by atoms with van der Waals surface area (Å²) >= 11 is 0. The van der Waals surface area contributed by atoms with Crippen molar-refractivity contribution in [1.82, 2.24) is 9.97 Å². The molecular formula is C11H16N2O5. The van der Waals surface area contributed by atoms with E-state index in [0.29, 0.717) is 19.0 Å². The summed E-state index contributed by atoms with van der Waals surface area (Å²) in [4.78, 5) is 28.3. The maximum atomic E-state index is 11.4. The first-order valence-electron chi connectivity index (χ1n) is 5.63. The first-order chi connectivity index (χ1) is 8.58. The molecule has 7 heteroatoms. The number of rotatable bonds is 7. The van der Waals surface area contributed by atoms with Crippen molar-refractivity contribution in [1.29, 1.82) is 0 Å². The summed E-state index contributed by atoms with van der Waals surface area (Å²) in [6, 6.07) is 0. The largest absolute Gasteiger partial charge is 0.477 e. The van der Waals surface area contributed by atoms with Gasteiger partial charge in [0.15, 0.2) is 6.29 Å². The molecule has 2 N–H and O–H groups in total. The lowest BCUT2D eigenvalue weighted by Gasteiger charge is -2.15. The summed E-state index contributed by atoms with van der Waals surface area (Å²) in [6.07, 6.45) is 0.793. The molecule has 0 bridgehead atoms. The zero-order valence-corrected chi connectivity index (χ0v) is 10.3. The van der Waals surface area contributed by atoms with E-state index in [0.717, 1.165) is 6.20 Å². The quantitative estimate of drug-likeness (QED) is 0.685. The second kappa shape index (κ2) is 6.87. The number of aromatic carboxylic acids is 1. The fourth-order valence-electron chi connectivity index (χ4n) is 1.38. The van der Waals surface area contributed by atoms with Crippen molar-refractivity contribution in [3.8, 4) is 0 Å². The minimum absolute atomic E-state index is 0.261. The second-order valence-electron chi connectivity index (χ2n) is 3.42. The molecule has 7 nitrogen and oxygen atoms in total. The second-order valence-corrected chi connectivity index (χ2v) is 3.42. The average Bonchev–Trinajstić information content (AvgIpc) is 2.29. The molecule has 0 aromatic carbocycles. The minimum Gasteiger partial charge on any atom is -0.477 e. The van der Waals surface area contributed by atoms with E-state index in [-0.39, 0.29) is 12.0 Å². The molecule has 1 aromatic rings. The maximum Gasteiger partial charge on any atom is 0.342 e. The molecule has 0 spiro atoms.